The molecule has 0 unspecified atom stereocenters. The molecule has 0 atom stereocenters. The summed E-state index contributed by atoms with van der Waals surface area (Å²) in [6.07, 6.45) is 2.05. The lowest BCUT2D eigenvalue weighted by Crippen LogP contribution is -2.29. The summed E-state index contributed by atoms with van der Waals surface area (Å²) in [6, 6.07) is 39.0. The van der Waals surface area contributed by atoms with Crippen molar-refractivity contribution in [3.63, 3.8) is 0 Å². The Balaban J connectivity index is 0.000000402. The van der Waals surface area contributed by atoms with Crippen molar-refractivity contribution >= 4 is 110 Å². The molecule has 218 valence electrons. The molecule has 4 rings (SSSR count). The van der Waals surface area contributed by atoms with E-state index in [1.807, 2.05) is 89.9 Å². The van der Waals surface area contributed by atoms with E-state index in [2.05, 4.69) is 97.9 Å². The van der Waals surface area contributed by atoms with Gasteiger partial charge in [0.15, 0.2) is 9.34 Å². The van der Waals surface area contributed by atoms with E-state index < -0.39 is 7.12 Å². The van der Waals surface area contributed by atoms with E-state index >= 15 is 0 Å². The molecule has 0 saturated carbocycles. The first kappa shape index (κ1) is 36.0. The Morgan fingerprint density at radius 3 is 1.33 bits per heavy atom. The lowest BCUT2D eigenvalue weighted by Gasteiger charge is -2.14. The third-order valence-corrected chi connectivity index (χ3v) is 8.26. The lowest BCUT2D eigenvalue weighted by molar-refractivity contribution is 0.383. The number of halogens is 5. The molecule has 0 aliphatic heterocycles. The van der Waals surface area contributed by atoms with E-state index in [-0.39, 0.29) is 1.43 Å². The highest BCUT2D eigenvalue weighted by molar-refractivity contribution is 9.14. The third kappa shape index (κ3) is 14.3. The van der Waals surface area contributed by atoms with Gasteiger partial charge in [0.05, 0.1) is 0 Å². The first-order chi connectivity index (χ1) is 20.4. The van der Waals surface area contributed by atoms with Gasteiger partial charge >= 0.3 is 7.12 Å². The second-order valence-corrected chi connectivity index (χ2v) is 10.9. The fourth-order valence-corrected chi connectivity index (χ4v) is 4.21. The van der Waals surface area contributed by atoms with Crippen LogP contribution in [-0.4, -0.2) is 17.2 Å². The number of hydrogen-bond acceptors (Lipinski definition) is 4. The molecule has 0 amide bonds. The van der Waals surface area contributed by atoms with Crippen LogP contribution in [0, 0.1) is 0 Å². The van der Waals surface area contributed by atoms with Crippen LogP contribution in [0.15, 0.2) is 146 Å². The maximum absolute atomic E-state index is 8.58. The van der Waals surface area contributed by atoms with Crippen LogP contribution in [0.3, 0.4) is 0 Å². The average Bonchev–Trinajstić information content (AvgIpc) is 3.05. The third-order valence-electron chi connectivity index (χ3n) is 5.00. The van der Waals surface area contributed by atoms with Crippen LogP contribution < -0.4 is 5.46 Å². The molecular formula is C32H28BBr5O4. The largest absolute Gasteiger partial charge is 0.488 e. The van der Waals surface area contributed by atoms with E-state index in [0.717, 1.165) is 28.2 Å². The van der Waals surface area contributed by atoms with Crippen LogP contribution in [0.1, 0.15) is 18.1 Å². The van der Waals surface area contributed by atoms with Gasteiger partial charge < -0.3 is 19.5 Å². The van der Waals surface area contributed by atoms with Gasteiger partial charge in [0.25, 0.3) is 0 Å². The van der Waals surface area contributed by atoms with E-state index in [0.29, 0.717) is 14.8 Å². The molecule has 10 heteroatoms. The minimum absolute atomic E-state index is 0. The normalized spacial score (nSPS) is 11.8. The summed E-state index contributed by atoms with van der Waals surface area (Å²) in [5.74, 6) is 1.57. The minimum Gasteiger partial charge on any atom is -0.456 e. The van der Waals surface area contributed by atoms with Gasteiger partial charge in [-0.1, -0.05) is 169 Å². The number of rotatable bonds is 8. The van der Waals surface area contributed by atoms with Gasteiger partial charge in [-0.3, -0.25) is 0 Å². The molecule has 42 heavy (non-hydrogen) atoms. The highest BCUT2D eigenvalue weighted by atomic mass is 79.9. The van der Waals surface area contributed by atoms with Crippen LogP contribution in [-0.2, 0) is 9.47 Å². The predicted octanol–water partition coefficient (Wildman–Crippen LogP) is 10.4. The van der Waals surface area contributed by atoms with Gasteiger partial charge in [-0.15, -0.1) is 0 Å². The van der Waals surface area contributed by atoms with Crippen LogP contribution in [0.25, 0.3) is 17.6 Å². The zero-order chi connectivity index (χ0) is 30.6. The maximum atomic E-state index is 8.58. The van der Waals surface area contributed by atoms with Crippen molar-refractivity contribution < 1.29 is 20.9 Å². The highest BCUT2D eigenvalue weighted by Gasteiger charge is 2.09. The Labute approximate surface area is 290 Å². The average molecular weight is 889 g/mol. The molecule has 0 aliphatic carbocycles. The van der Waals surface area contributed by atoms with Crippen molar-refractivity contribution in [1.29, 1.82) is 0 Å². The molecular weight excluding hydrogens is 859 g/mol. The van der Waals surface area contributed by atoms with Gasteiger partial charge in [-0.25, -0.2) is 0 Å². The zero-order valence-electron chi connectivity index (χ0n) is 22.0. The van der Waals surface area contributed by atoms with Gasteiger partial charge in [-0.05, 0) is 49.0 Å². The number of ether oxygens (including phenoxy) is 2. The molecule has 4 aromatic rings. The smallest absolute Gasteiger partial charge is 0.456 e. The Hall–Kier alpha value is -2.18. The summed E-state index contributed by atoms with van der Waals surface area (Å²) in [5, 5.41) is 17.2. The fourth-order valence-electron chi connectivity index (χ4n) is 3.10. The van der Waals surface area contributed by atoms with Crippen molar-refractivity contribution in [2.75, 3.05) is 0 Å². The van der Waals surface area contributed by atoms with E-state index in [4.69, 9.17) is 19.5 Å². The molecule has 4 aromatic carbocycles. The molecule has 0 bridgehead atoms. The van der Waals surface area contributed by atoms with Crippen molar-refractivity contribution in [3.05, 3.63) is 162 Å². The molecule has 4 nitrogen and oxygen atoms in total. The first-order valence-corrected chi connectivity index (χ1v) is 16.6. The first-order valence-electron chi connectivity index (χ1n) is 12.2. The molecule has 0 fully saturated rings. The van der Waals surface area contributed by atoms with Gasteiger partial charge in [0.1, 0.15) is 11.5 Å². The fraction of sp³-hybridized carbons (Fsp3) is 0. The van der Waals surface area contributed by atoms with Gasteiger partial charge in [0, 0.05) is 27.5 Å². The molecule has 0 aromatic heterocycles. The van der Waals surface area contributed by atoms with Crippen LogP contribution >= 0.6 is 79.6 Å². The minimum atomic E-state index is -1.34. The molecule has 0 spiro atoms. The van der Waals surface area contributed by atoms with Crippen molar-refractivity contribution in [3.8, 4) is 0 Å². The van der Waals surface area contributed by atoms with Gasteiger partial charge in [0.2, 0.25) is 0 Å². The van der Waals surface area contributed by atoms with E-state index in [1.54, 1.807) is 34.2 Å². The van der Waals surface area contributed by atoms with E-state index in [1.165, 1.54) is 0 Å². The van der Waals surface area contributed by atoms with Crippen molar-refractivity contribution in [2.45, 2.75) is 0 Å². The second kappa shape index (κ2) is 21.5. The lowest BCUT2D eigenvalue weighted by atomic mass is 9.81. The molecule has 2 N–H and O–H groups in total. The second-order valence-electron chi connectivity index (χ2n) is 7.94. The molecule has 0 saturated heterocycles. The topological polar surface area (TPSA) is 58.9 Å². The summed E-state index contributed by atoms with van der Waals surface area (Å²) in [6.45, 7) is 0. The van der Waals surface area contributed by atoms with E-state index in [9.17, 15) is 0 Å². The Kier molecular flexibility index (Phi) is 18.4. The van der Waals surface area contributed by atoms with Crippen LogP contribution in [0.2, 0.25) is 0 Å². The Morgan fingerprint density at radius 2 is 0.952 bits per heavy atom. The standard InChI is InChI=1S/C22H17BrO.C6H7BO2.C4H2Br4O.H2/c23-17-22(20-14-8-3-9-15-20)24-21(19-12-6-2-7-13-19)16-18-10-4-1-5-11-18;8-7(9)6-4-2-1-3-5-6;5-1-3(7)9-4(8)2-6;/h1-17H;1-5,8-9H;1-2H;1H/b21-16+,22-17+;;3-1+,4-2+;/i;;;1+2. The van der Waals surface area contributed by atoms with Crippen LogP contribution in [0.5, 0.6) is 0 Å². The Morgan fingerprint density at radius 1 is 0.548 bits per heavy atom. The monoisotopic (exact) mass is 884 g/mol. The molecule has 0 radical (unpaired) electrons. The van der Waals surface area contributed by atoms with Crippen LogP contribution in [0.4, 0.5) is 0 Å². The molecule has 0 aliphatic rings. The molecule has 0 heterocycles. The summed E-state index contributed by atoms with van der Waals surface area (Å²) in [4.78, 5) is 5.04. The van der Waals surface area contributed by atoms with Gasteiger partial charge in [-0.2, -0.15) is 0 Å². The number of hydrogen-bond donors (Lipinski definition) is 2. The highest BCUT2D eigenvalue weighted by Crippen LogP contribution is 2.28. The summed E-state index contributed by atoms with van der Waals surface area (Å²) in [7, 11) is -1.34. The Bertz CT molecular complexity index is 1420. The SMILES string of the molecule is Br/C=C(/O/C(=C/c1ccccc1)c1ccccc1)c1ccccc1.Br/C=C(\Br)O/C(Br)=C/Br.OB(O)c1ccccc1.[3HH]. The summed E-state index contributed by atoms with van der Waals surface area (Å²) < 4.78 is 12.5. The maximum Gasteiger partial charge on any atom is 0.488 e. The van der Waals surface area contributed by atoms with Crippen molar-refractivity contribution in [1.82, 2.24) is 0 Å². The summed E-state index contributed by atoms with van der Waals surface area (Å²) in [5.41, 5.74) is 3.67. The van der Waals surface area contributed by atoms with Crippen molar-refractivity contribution in [2.24, 2.45) is 0 Å². The summed E-state index contributed by atoms with van der Waals surface area (Å²) >= 11 is 15.8. The zero-order valence-corrected chi connectivity index (χ0v) is 30.0. The predicted molar refractivity (Wildman–Crippen MR) is 197 cm³/mol. The number of benzene rings is 4. The quantitative estimate of drug-likeness (QED) is 0.105.